The first kappa shape index (κ1) is 14.5. The molecule has 0 aromatic heterocycles. The van der Waals surface area contributed by atoms with E-state index >= 15 is 0 Å². The van der Waals surface area contributed by atoms with Gasteiger partial charge in [0.25, 0.3) is 0 Å². The minimum absolute atomic E-state index is 0.215. The second-order valence-corrected chi connectivity index (χ2v) is 4.98. The molecule has 0 atom stereocenters. The van der Waals surface area contributed by atoms with Crippen molar-refractivity contribution in [1.29, 1.82) is 0 Å². The third-order valence-corrected chi connectivity index (χ3v) is 3.40. The maximum Gasteiger partial charge on any atom is 0.312 e. The van der Waals surface area contributed by atoms with Crippen LogP contribution in [0.25, 0.3) is 10.8 Å². The number of aliphatic imine (C=N–C) groups is 1. The molecule has 2 aromatic rings. The maximum atomic E-state index is 10.8. The van der Waals surface area contributed by atoms with Crippen molar-refractivity contribution in [3.63, 3.8) is 0 Å². The Morgan fingerprint density at radius 3 is 2.60 bits per heavy atom. The lowest BCUT2D eigenvalue weighted by Crippen LogP contribution is -2.10. The van der Waals surface area contributed by atoms with E-state index in [1.807, 2.05) is 36.4 Å². The zero-order valence-electron chi connectivity index (χ0n) is 11.0. The molecule has 0 spiro atoms. The number of hydrogen-bond acceptors (Lipinski definition) is 3. The first-order valence-corrected chi connectivity index (χ1v) is 7.00. The van der Waals surface area contributed by atoms with Gasteiger partial charge in [-0.3, -0.25) is 4.79 Å². The van der Waals surface area contributed by atoms with Gasteiger partial charge in [-0.05, 0) is 24.4 Å². The fourth-order valence-corrected chi connectivity index (χ4v) is 2.37. The number of rotatable bonds is 4. The summed E-state index contributed by atoms with van der Waals surface area (Å²) >= 11 is 3.49. The summed E-state index contributed by atoms with van der Waals surface area (Å²) < 4.78 is 6.27. The average Bonchev–Trinajstić information content (AvgIpc) is 2.42. The molecule has 0 saturated carbocycles. The van der Waals surface area contributed by atoms with Crippen LogP contribution in [0.3, 0.4) is 0 Å². The predicted molar refractivity (Wildman–Crippen MR) is 82.6 cm³/mol. The number of aliphatic carboxylic acids is 1. The van der Waals surface area contributed by atoms with Gasteiger partial charge < -0.3 is 9.84 Å². The van der Waals surface area contributed by atoms with Crippen molar-refractivity contribution in [2.75, 3.05) is 6.61 Å². The molecule has 0 aliphatic heterocycles. The van der Waals surface area contributed by atoms with Gasteiger partial charge in [0.15, 0.2) is 5.90 Å². The van der Waals surface area contributed by atoms with Crippen molar-refractivity contribution >= 4 is 44.3 Å². The molecule has 0 aliphatic carbocycles. The number of carboxylic acids is 1. The SMILES string of the molecule is CCO/C(CC(=O)O)=N/c1ccc(Br)c2ccccc12. The van der Waals surface area contributed by atoms with Crippen LogP contribution < -0.4 is 0 Å². The normalized spacial score (nSPS) is 11.6. The van der Waals surface area contributed by atoms with Crippen LogP contribution in [0, 0.1) is 0 Å². The van der Waals surface area contributed by atoms with Gasteiger partial charge in [0.1, 0.15) is 6.42 Å². The summed E-state index contributed by atoms with van der Waals surface area (Å²) in [5, 5.41) is 10.9. The summed E-state index contributed by atoms with van der Waals surface area (Å²) in [5.74, 6) is -0.744. The smallest absolute Gasteiger partial charge is 0.312 e. The molecular weight excluding hydrogens is 322 g/mol. The van der Waals surface area contributed by atoms with E-state index in [9.17, 15) is 4.79 Å². The van der Waals surface area contributed by atoms with E-state index in [1.54, 1.807) is 6.92 Å². The maximum absolute atomic E-state index is 10.8. The van der Waals surface area contributed by atoms with Crippen LogP contribution in [0.2, 0.25) is 0 Å². The molecule has 1 N–H and O–H groups in total. The highest BCUT2D eigenvalue weighted by molar-refractivity contribution is 9.10. The molecule has 0 heterocycles. The molecule has 0 fully saturated rings. The van der Waals surface area contributed by atoms with Gasteiger partial charge >= 0.3 is 5.97 Å². The van der Waals surface area contributed by atoms with Crippen molar-refractivity contribution in [2.45, 2.75) is 13.3 Å². The molecule has 0 radical (unpaired) electrons. The Hall–Kier alpha value is -1.88. The molecule has 0 saturated heterocycles. The van der Waals surface area contributed by atoms with Crippen LogP contribution in [0.15, 0.2) is 45.9 Å². The molecule has 2 rings (SSSR count). The summed E-state index contributed by atoms with van der Waals surface area (Å²) in [6.45, 7) is 2.19. The second-order valence-electron chi connectivity index (χ2n) is 4.12. The van der Waals surface area contributed by atoms with Crippen molar-refractivity contribution in [1.82, 2.24) is 0 Å². The lowest BCUT2D eigenvalue weighted by atomic mass is 10.1. The summed E-state index contributed by atoms with van der Waals surface area (Å²) in [4.78, 5) is 15.2. The molecular formula is C15H14BrNO3. The molecule has 0 unspecified atom stereocenters. The number of carbonyl (C=O) groups is 1. The van der Waals surface area contributed by atoms with Crippen molar-refractivity contribution < 1.29 is 14.6 Å². The third-order valence-electron chi connectivity index (χ3n) is 2.71. The highest BCUT2D eigenvalue weighted by Gasteiger charge is 2.09. The molecule has 0 aliphatic rings. The van der Waals surface area contributed by atoms with E-state index in [0.717, 1.165) is 15.2 Å². The summed E-state index contributed by atoms with van der Waals surface area (Å²) in [7, 11) is 0. The number of ether oxygens (including phenoxy) is 1. The van der Waals surface area contributed by atoms with Gasteiger partial charge in [0.2, 0.25) is 0 Å². The van der Waals surface area contributed by atoms with Crippen LogP contribution in [-0.2, 0) is 9.53 Å². The van der Waals surface area contributed by atoms with Crippen molar-refractivity contribution in [2.24, 2.45) is 4.99 Å². The first-order chi connectivity index (χ1) is 9.61. The number of hydrogen-bond donors (Lipinski definition) is 1. The third kappa shape index (κ3) is 3.36. The van der Waals surface area contributed by atoms with Gasteiger partial charge in [0.05, 0.1) is 12.3 Å². The topological polar surface area (TPSA) is 58.9 Å². The van der Waals surface area contributed by atoms with Crippen LogP contribution in [-0.4, -0.2) is 23.6 Å². The summed E-state index contributed by atoms with van der Waals surface area (Å²) in [6, 6.07) is 11.5. The van der Waals surface area contributed by atoms with Gasteiger partial charge in [-0.25, -0.2) is 4.99 Å². The van der Waals surface area contributed by atoms with E-state index in [0.29, 0.717) is 12.3 Å². The summed E-state index contributed by atoms with van der Waals surface area (Å²) in [6.07, 6.45) is -0.224. The van der Waals surface area contributed by atoms with Gasteiger partial charge in [-0.1, -0.05) is 40.2 Å². The number of fused-ring (bicyclic) bond motifs is 1. The van der Waals surface area contributed by atoms with Gasteiger partial charge in [-0.15, -0.1) is 0 Å². The number of benzene rings is 2. The molecule has 0 bridgehead atoms. The Balaban J connectivity index is 2.51. The standard InChI is InChI=1S/C15H14BrNO3/c1-2-20-14(9-15(18)19)17-13-8-7-12(16)10-5-3-4-6-11(10)13/h3-8H,2,9H2,1H3,(H,18,19)/b17-14+. The summed E-state index contributed by atoms with van der Waals surface area (Å²) in [5.41, 5.74) is 0.702. The monoisotopic (exact) mass is 335 g/mol. The van der Waals surface area contributed by atoms with Crippen molar-refractivity contribution in [3.8, 4) is 0 Å². The van der Waals surface area contributed by atoms with E-state index in [4.69, 9.17) is 9.84 Å². The second kappa shape index (κ2) is 6.52. The average molecular weight is 336 g/mol. The number of nitrogens with zero attached hydrogens (tertiary/aromatic N) is 1. The Labute approximate surface area is 125 Å². The highest BCUT2D eigenvalue weighted by Crippen LogP contribution is 2.31. The van der Waals surface area contributed by atoms with Crippen LogP contribution in [0.5, 0.6) is 0 Å². The fourth-order valence-electron chi connectivity index (χ4n) is 1.90. The Morgan fingerprint density at radius 2 is 1.95 bits per heavy atom. The zero-order valence-corrected chi connectivity index (χ0v) is 12.6. The molecule has 0 amide bonds. The lowest BCUT2D eigenvalue weighted by Gasteiger charge is -2.08. The molecule has 5 heteroatoms. The van der Waals surface area contributed by atoms with Crippen molar-refractivity contribution in [3.05, 3.63) is 40.9 Å². The Bertz CT molecular complexity index is 667. The van der Waals surface area contributed by atoms with Crippen LogP contribution in [0.1, 0.15) is 13.3 Å². The minimum Gasteiger partial charge on any atom is -0.481 e. The molecule has 104 valence electrons. The predicted octanol–water partition coefficient (Wildman–Crippen LogP) is 4.14. The lowest BCUT2D eigenvalue weighted by molar-refractivity contribution is -0.135. The molecule has 20 heavy (non-hydrogen) atoms. The van der Waals surface area contributed by atoms with Gasteiger partial charge in [-0.2, -0.15) is 0 Å². The fraction of sp³-hybridized carbons (Fsp3) is 0.200. The largest absolute Gasteiger partial charge is 0.481 e. The van der Waals surface area contributed by atoms with Crippen LogP contribution in [0.4, 0.5) is 5.69 Å². The van der Waals surface area contributed by atoms with E-state index < -0.39 is 5.97 Å². The Kier molecular flexibility index (Phi) is 4.74. The zero-order chi connectivity index (χ0) is 14.5. The minimum atomic E-state index is -0.960. The van der Waals surface area contributed by atoms with E-state index in [-0.39, 0.29) is 12.3 Å². The van der Waals surface area contributed by atoms with Gasteiger partial charge in [0, 0.05) is 9.86 Å². The van der Waals surface area contributed by atoms with E-state index in [1.165, 1.54) is 0 Å². The molecule has 4 nitrogen and oxygen atoms in total. The first-order valence-electron chi connectivity index (χ1n) is 6.21. The number of halogens is 1. The Morgan fingerprint density at radius 1 is 1.25 bits per heavy atom. The van der Waals surface area contributed by atoms with Crippen LogP contribution >= 0.6 is 15.9 Å². The molecule has 2 aromatic carbocycles. The highest BCUT2D eigenvalue weighted by atomic mass is 79.9. The quantitative estimate of drug-likeness (QED) is 0.674. The van der Waals surface area contributed by atoms with E-state index in [2.05, 4.69) is 20.9 Å². The number of carboxylic acid groups (broad SMARTS) is 1.